The standard InChI is InChI=1S/C16H32N6O2S/c1-19-5-9-21(10-6-19)17-15(23)3-13-25-14-4-16(24)18-22-11-7-20(2)8-12-22/h3-14H2,1-2H3,(H,17,23)(H,18,24). The summed E-state index contributed by atoms with van der Waals surface area (Å²) in [5, 5.41) is 3.99. The number of hydrazine groups is 2. The number of piperazine rings is 2. The van der Waals surface area contributed by atoms with Crippen molar-refractivity contribution in [2.24, 2.45) is 0 Å². The Morgan fingerprint density at radius 1 is 0.720 bits per heavy atom. The van der Waals surface area contributed by atoms with E-state index in [0.717, 1.165) is 63.9 Å². The molecule has 8 nitrogen and oxygen atoms in total. The average molecular weight is 373 g/mol. The first-order valence-corrected chi connectivity index (χ1v) is 10.2. The summed E-state index contributed by atoms with van der Waals surface area (Å²) in [7, 11) is 4.19. The van der Waals surface area contributed by atoms with Crippen molar-refractivity contribution in [1.82, 2.24) is 30.7 Å². The number of nitrogens with zero attached hydrogens (tertiary/aromatic N) is 4. The molecule has 0 atom stereocenters. The summed E-state index contributed by atoms with van der Waals surface area (Å²) in [5.74, 6) is 1.64. The molecule has 2 rings (SSSR count). The molecule has 2 heterocycles. The molecule has 0 aromatic rings. The Kier molecular flexibility index (Phi) is 8.97. The van der Waals surface area contributed by atoms with Crippen molar-refractivity contribution < 1.29 is 9.59 Å². The number of carbonyl (C=O) groups excluding carboxylic acids is 2. The summed E-state index contributed by atoms with van der Waals surface area (Å²) in [6.07, 6.45) is 0.994. The Morgan fingerprint density at radius 3 is 1.44 bits per heavy atom. The maximum absolute atomic E-state index is 11.9. The molecule has 2 aliphatic rings. The van der Waals surface area contributed by atoms with E-state index in [-0.39, 0.29) is 11.8 Å². The summed E-state index contributed by atoms with van der Waals surface area (Å²) in [6.45, 7) is 7.44. The molecule has 2 saturated heterocycles. The number of likely N-dealkylation sites (N-methyl/N-ethyl adjacent to an activating group) is 2. The lowest BCUT2D eigenvalue weighted by molar-refractivity contribution is -0.127. The Morgan fingerprint density at radius 2 is 1.08 bits per heavy atom. The summed E-state index contributed by atoms with van der Waals surface area (Å²) in [5.41, 5.74) is 5.92. The van der Waals surface area contributed by atoms with Gasteiger partial charge in [-0.2, -0.15) is 11.8 Å². The number of hydrogen-bond donors (Lipinski definition) is 2. The molecule has 0 aliphatic carbocycles. The zero-order valence-corrected chi connectivity index (χ0v) is 16.3. The van der Waals surface area contributed by atoms with Gasteiger partial charge in [0.25, 0.3) is 0 Å². The molecule has 2 amide bonds. The van der Waals surface area contributed by atoms with Gasteiger partial charge in [-0.15, -0.1) is 0 Å². The first-order valence-electron chi connectivity index (χ1n) is 9.06. The Balaban J connectivity index is 1.45. The summed E-state index contributed by atoms with van der Waals surface area (Å²) < 4.78 is 0. The van der Waals surface area contributed by atoms with Crippen molar-refractivity contribution in [3.05, 3.63) is 0 Å². The van der Waals surface area contributed by atoms with E-state index >= 15 is 0 Å². The van der Waals surface area contributed by atoms with Crippen LogP contribution in [0.25, 0.3) is 0 Å². The van der Waals surface area contributed by atoms with Crippen LogP contribution in [0.4, 0.5) is 0 Å². The highest BCUT2D eigenvalue weighted by Crippen LogP contribution is 2.06. The molecular formula is C16H32N6O2S. The van der Waals surface area contributed by atoms with E-state index in [2.05, 4.69) is 34.7 Å². The number of amides is 2. The second kappa shape index (κ2) is 11.0. The smallest absolute Gasteiger partial charge is 0.235 e. The van der Waals surface area contributed by atoms with Crippen LogP contribution >= 0.6 is 11.8 Å². The Labute approximate surface area is 155 Å². The van der Waals surface area contributed by atoms with Gasteiger partial charge in [0.2, 0.25) is 11.8 Å². The second-order valence-corrected chi connectivity index (χ2v) is 7.99. The highest BCUT2D eigenvalue weighted by molar-refractivity contribution is 7.99. The topological polar surface area (TPSA) is 71.2 Å². The molecule has 9 heteroatoms. The zero-order chi connectivity index (χ0) is 18.1. The predicted molar refractivity (Wildman–Crippen MR) is 101 cm³/mol. The van der Waals surface area contributed by atoms with Crippen LogP contribution in [0.2, 0.25) is 0 Å². The van der Waals surface area contributed by atoms with Crippen LogP contribution in [0, 0.1) is 0 Å². The molecule has 25 heavy (non-hydrogen) atoms. The monoisotopic (exact) mass is 372 g/mol. The fraction of sp³-hybridized carbons (Fsp3) is 0.875. The van der Waals surface area contributed by atoms with Gasteiger partial charge in [0, 0.05) is 76.7 Å². The lowest BCUT2D eigenvalue weighted by Gasteiger charge is -2.32. The Bertz CT molecular complexity index is 385. The number of thioether (sulfide) groups is 1. The van der Waals surface area contributed by atoms with E-state index < -0.39 is 0 Å². The molecule has 2 aliphatic heterocycles. The van der Waals surface area contributed by atoms with Crippen LogP contribution in [0.5, 0.6) is 0 Å². The minimum Gasteiger partial charge on any atom is -0.304 e. The summed E-state index contributed by atoms with van der Waals surface area (Å²) in [6, 6.07) is 0. The van der Waals surface area contributed by atoms with Gasteiger partial charge in [0.05, 0.1) is 0 Å². The molecule has 2 fully saturated rings. The lowest BCUT2D eigenvalue weighted by atomic mass is 10.4. The van der Waals surface area contributed by atoms with Crippen LogP contribution < -0.4 is 10.9 Å². The van der Waals surface area contributed by atoms with E-state index in [1.165, 1.54) is 0 Å². The van der Waals surface area contributed by atoms with Crippen LogP contribution in [-0.4, -0.2) is 110 Å². The number of rotatable bonds is 8. The molecular weight excluding hydrogens is 340 g/mol. The van der Waals surface area contributed by atoms with Gasteiger partial charge < -0.3 is 9.80 Å². The molecule has 0 bridgehead atoms. The molecule has 0 aromatic heterocycles. The van der Waals surface area contributed by atoms with E-state index in [0.29, 0.717) is 12.8 Å². The summed E-state index contributed by atoms with van der Waals surface area (Å²) in [4.78, 5) is 28.3. The molecule has 144 valence electrons. The van der Waals surface area contributed by atoms with E-state index in [1.807, 2.05) is 10.0 Å². The van der Waals surface area contributed by atoms with Crippen LogP contribution in [0.1, 0.15) is 12.8 Å². The highest BCUT2D eigenvalue weighted by Gasteiger charge is 2.16. The highest BCUT2D eigenvalue weighted by atomic mass is 32.2. The number of nitrogens with one attached hydrogen (secondary N) is 2. The lowest BCUT2D eigenvalue weighted by Crippen LogP contribution is -2.52. The third-order valence-corrected chi connectivity index (χ3v) is 5.50. The molecule has 0 aromatic carbocycles. The molecule has 0 saturated carbocycles. The molecule has 0 radical (unpaired) electrons. The number of carbonyl (C=O) groups is 2. The van der Waals surface area contributed by atoms with Crippen molar-refractivity contribution in [1.29, 1.82) is 0 Å². The van der Waals surface area contributed by atoms with Crippen LogP contribution in [0.15, 0.2) is 0 Å². The van der Waals surface area contributed by atoms with E-state index in [1.54, 1.807) is 11.8 Å². The number of hydrogen-bond acceptors (Lipinski definition) is 7. The van der Waals surface area contributed by atoms with Gasteiger partial charge in [-0.25, -0.2) is 10.0 Å². The second-order valence-electron chi connectivity index (χ2n) is 6.76. The van der Waals surface area contributed by atoms with Gasteiger partial charge >= 0.3 is 0 Å². The van der Waals surface area contributed by atoms with Gasteiger partial charge in [-0.3, -0.25) is 20.4 Å². The quantitative estimate of drug-likeness (QED) is 0.533. The maximum Gasteiger partial charge on any atom is 0.235 e. The fourth-order valence-electron chi connectivity index (χ4n) is 2.73. The van der Waals surface area contributed by atoms with Crippen molar-refractivity contribution in [3.8, 4) is 0 Å². The van der Waals surface area contributed by atoms with Crippen LogP contribution in [0.3, 0.4) is 0 Å². The predicted octanol–water partition coefficient (Wildman–Crippen LogP) is -0.943. The maximum atomic E-state index is 11.9. The van der Waals surface area contributed by atoms with Crippen LogP contribution in [-0.2, 0) is 9.59 Å². The van der Waals surface area contributed by atoms with Gasteiger partial charge in [0.1, 0.15) is 0 Å². The third kappa shape index (κ3) is 8.37. The Hall–Kier alpha value is -0.870. The largest absolute Gasteiger partial charge is 0.304 e. The summed E-state index contributed by atoms with van der Waals surface area (Å²) >= 11 is 1.66. The molecule has 0 spiro atoms. The fourth-order valence-corrected chi connectivity index (χ4v) is 3.60. The SMILES string of the molecule is CN1CCN(NC(=O)CCSCCC(=O)NN2CCN(C)CC2)CC1. The molecule has 0 unspecified atom stereocenters. The van der Waals surface area contributed by atoms with Crippen molar-refractivity contribution >= 4 is 23.6 Å². The van der Waals surface area contributed by atoms with Crippen molar-refractivity contribution in [2.75, 3.05) is 78.0 Å². The normalized spacial score (nSPS) is 21.2. The van der Waals surface area contributed by atoms with Gasteiger partial charge in [-0.05, 0) is 14.1 Å². The zero-order valence-electron chi connectivity index (χ0n) is 15.5. The van der Waals surface area contributed by atoms with Gasteiger partial charge in [-0.1, -0.05) is 0 Å². The minimum absolute atomic E-state index is 0.0685. The van der Waals surface area contributed by atoms with Crippen molar-refractivity contribution in [3.63, 3.8) is 0 Å². The first kappa shape index (κ1) is 20.4. The molecule has 2 N–H and O–H groups in total. The first-order chi connectivity index (χ1) is 12.0. The minimum atomic E-state index is 0.0685. The van der Waals surface area contributed by atoms with E-state index in [4.69, 9.17) is 0 Å². The third-order valence-electron chi connectivity index (χ3n) is 4.52. The van der Waals surface area contributed by atoms with Crippen molar-refractivity contribution in [2.45, 2.75) is 12.8 Å². The van der Waals surface area contributed by atoms with Gasteiger partial charge in [0.15, 0.2) is 0 Å². The van der Waals surface area contributed by atoms with E-state index in [9.17, 15) is 9.59 Å². The average Bonchev–Trinajstić information content (AvgIpc) is 2.59.